The molecule has 0 N–H and O–H groups in total. The van der Waals surface area contributed by atoms with Gasteiger partial charge in [0.1, 0.15) is 17.4 Å². The van der Waals surface area contributed by atoms with Crippen LogP contribution in [0.3, 0.4) is 0 Å². The number of ketones is 1. The molecule has 0 unspecified atom stereocenters. The Balaban J connectivity index is 1.88. The van der Waals surface area contributed by atoms with Gasteiger partial charge in [-0.25, -0.2) is 8.78 Å². The van der Waals surface area contributed by atoms with Crippen LogP contribution < -0.4 is 0 Å². The molecule has 0 radical (unpaired) electrons. The third-order valence-corrected chi connectivity index (χ3v) is 7.75. The zero-order chi connectivity index (χ0) is 22.2. The van der Waals surface area contributed by atoms with Crippen molar-refractivity contribution in [2.45, 2.75) is 52.6 Å². The summed E-state index contributed by atoms with van der Waals surface area (Å²) < 4.78 is 34.4. The van der Waals surface area contributed by atoms with Gasteiger partial charge in [-0.1, -0.05) is 52.0 Å². The van der Waals surface area contributed by atoms with Crippen LogP contribution in [0.1, 0.15) is 58.1 Å². The normalized spacial score (nSPS) is 23.0. The Labute approximate surface area is 181 Å². The maximum absolute atomic E-state index is 13.9. The van der Waals surface area contributed by atoms with E-state index in [2.05, 4.69) is 27.7 Å². The minimum absolute atomic E-state index is 0.0911. The molecule has 2 aliphatic carbocycles. The van der Waals surface area contributed by atoms with Crippen molar-refractivity contribution in [3.63, 3.8) is 0 Å². The molecule has 0 atom stereocenters. The molecule has 1 aliphatic heterocycles. The highest BCUT2D eigenvalue weighted by molar-refractivity contribution is 6.03. The number of carbonyl (C=O) groups excluding carboxylic acids is 1. The molecule has 4 heteroatoms. The zero-order valence-electron chi connectivity index (χ0n) is 18.3. The lowest BCUT2D eigenvalue weighted by Crippen LogP contribution is -2.31. The Kier molecular flexibility index (Phi) is 4.15. The van der Waals surface area contributed by atoms with Crippen LogP contribution in [0.15, 0.2) is 71.0 Å². The number of carbonyl (C=O) groups is 1. The first-order chi connectivity index (χ1) is 14.6. The summed E-state index contributed by atoms with van der Waals surface area (Å²) in [6.07, 6.45) is 1.92. The van der Waals surface area contributed by atoms with Crippen molar-refractivity contribution in [3.05, 3.63) is 93.8 Å². The summed E-state index contributed by atoms with van der Waals surface area (Å²) in [5.74, 6) is 0.108. The van der Waals surface area contributed by atoms with Crippen LogP contribution in [-0.4, -0.2) is 5.78 Å². The van der Waals surface area contributed by atoms with Gasteiger partial charge in [0.2, 0.25) is 0 Å². The average molecular weight is 420 g/mol. The summed E-state index contributed by atoms with van der Waals surface area (Å²) in [7, 11) is 0. The van der Waals surface area contributed by atoms with E-state index in [1.807, 2.05) is 0 Å². The largest absolute Gasteiger partial charge is 0.477 e. The highest BCUT2D eigenvalue weighted by Gasteiger charge is 2.66. The van der Waals surface area contributed by atoms with Crippen molar-refractivity contribution < 1.29 is 18.3 Å². The Morgan fingerprint density at radius 1 is 0.774 bits per heavy atom. The standard InChI is InChI=1S/C27H26F2O2/c1-25(2)24(26(25,3)4)23-22-20(30)6-5-7-21(22)31-27(23,16-8-12-18(28)13-9-16)17-10-14-19(29)15-11-17/h8-15H,5-7H2,1-4H3. The Hall–Kier alpha value is -2.75. The number of Topliss-reactive ketones (excluding diaryl/α,β-unsaturated/α-hetero) is 1. The van der Waals surface area contributed by atoms with Crippen LogP contribution in [0.4, 0.5) is 8.78 Å². The first-order valence-corrected chi connectivity index (χ1v) is 10.8. The number of halogens is 2. The van der Waals surface area contributed by atoms with Gasteiger partial charge in [-0.15, -0.1) is 0 Å². The summed E-state index contributed by atoms with van der Waals surface area (Å²) in [4.78, 5) is 13.2. The van der Waals surface area contributed by atoms with E-state index in [0.717, 1.165) is 23.1 Å². The van der Waals surface area contributed by atoms with E-state index in [1.165, 1.54) is 29.8 Å². The smallest absolute Gasteiger partial charge is 0.184 e. The van der Waals surface area contributed by atoms with Crippen molar-refractivity contribution in [2.75, 3.05) is 0 Å². The van der Waals surface area contributed by atoms with Crippen LogP contribution in [0.2, 0.25) is 0 Å². The predicted molar refractivity (Wildman–Crippen MR) is 115 cm³/mol. The van der Waals surface area contributed by atoms with Crippen molar-refractivity contribution in [2.24, 2.45) is 10.8 Å². The summed E-state index contributed by atoms with van der Waals surface area (Å²) in [5.41, 5.74) is 2.84. The van der Waals surface area contributed by atoms with Gasteiger partial charge in [-0.05, 0) is 47.1 Å². The van der Waals surface area contributed by atoms with Gasteiger partial charge in [0, 0.05) is 29.5 Å². The van der Waals surface area contributed by atoms with Crippen LogP contribution in [0.25, 0.3) is 0 Å². The maximum Gasteiger partial charge on any atom is 0.184 e. The summed E-state index contributed by atoms with van der Waals surface area (Å²) in [6.45, 7) is 8.73. The molecule has 2 aromatic rings. The first-order valence-electron chi connectivity index (χ1n) is 10.8. The van der Waals surface area contributed by atoms with Crippen molar-refractivity contribution in [3.8, 4) is 0 Å². The van der Waals surface area contributed by atoms with E-state index in [9.17, 15) is 13.6 Å². The van der Waals surface area contributed by atoms with Crippen molar-refractivity contribution >= 4 is 5.78 Å². The molecule has 1 heterocycles. The molecule has 1 saturated carbocycles. The van der Waals surface area contributed by atoms with E-state index in [-0.39, 0.29) is 28.2 Å². The van der Waals surface area contributed by atoms with Gasteiger partial charge in [-0.2, -0.15) is 0 Å². The van der Waals surface area contributed by atoms with Gasteiger partial charge >= 0.3 is 0 Å². The van der Waals surface area contributed by atoms with Gasteiger partial charge in [-0.3, -0.25) is 4.79 Å². The highest BCUT2D eigenvalue weighted by atomic mass is 19.1. The van der Waals surface area contributed by atoms with Gasteiger partial charge in [0.05, 0.1) is 5.57 Å². The zero-order valence-corrected chi connectivity index (χ0v) is 18.3. The molecular weight excluding hydrogens is 394 g/mol. The van der Waals surface area contributed by atoms with Gasteiger partial charge < -0.3 is 4.74 Å². The molecule has 0 bridgehead atoms. The van der Waals surface area contributed by atoms with Crippen LogP contribution in [0.5, 0.6) is 0 Å². The summed E-state index contributed by atoms with van der Waals surface area (Å²) in [6, 6.07) is 12.5. The fraction of sp³-hybridized carbons (Fsp3) is 0.370. The molecule has 160 valence electrons. The molecular formula is C27H26F2O2. The predicted octanol–water partition coefficient (Wildman–Crippen LogP) is 6.61. The molecule has 2 aromatic carbocycles. The molecule has 5 rings (SSSR count). The lowest BCUT2D eigenvalue weighted by molar-refractivity contribution is -0.115. The Bertz CT molecular complexity index is 1090. The Morgan fingerprint density at radius 3 is 1.71 bits per heavy atom. The third kappa shape index (κ3) is 2.63. The maximum atomic E-state index is 13.9. The van der Waals surface area contributed by atoms with Crippen molar-refractivity contribution in [1.82, 2.24) is 0 Å². The van der Waals surface area contributed by atoms with Crippen LogP contribution >= 0.6 is 0 Å². The average Bonchev–Trinajstić information content (AvgIpc) is 2.97. The monoisotopic (exact) mass is 420 g/mol. The first kappa shape index (κ1) is 20.2. The number of allylic oxidation sites excluding steroid dienone is 2. The molecule has 31 heavy (non-hydrogen) atoms. The minimum Gasteiger partial charge on any atom is -0.477 e. The van der Waals surface area contributed by atoms with Crippen LogP contribution in [0, 0.1) is 22.5 Å². The number of rotatable bonds is 2. The number of hydrogen-bond donors (Lipinski definition) is 0. The molecule has 1 fully saturated rings. The molecule has 0 spiro atoms. The SMILES string of the molecule is CC1(C)C(=C2C3=C(CCCC3=O)OC2(c2ccc(F)cc2)c2ccc(F)cc2)C1(C)C. The molecule has 3 aliphatic rings. The topological polar surface area (TPSA) is 26.3 Å². The number of ether oxygens (including phenoxy) is 1. The minimum atomic E-state index is -1.10. The highest BCUT2D eigenvalue weighted by Crippen LogP contribution is 2.73. The van der Waals surface area contributed by atoms with Gasteiger partial charge in [0.25, 0.3) is 0 Å². The lowest BCUT2D eigenvalue weighted by atomic mass is 9.75. The fourth-order valence-corrected chi connectivity index (χ4v) is 5.51. The molecule has 0 aromatic heterocycles. The number of benzene rings is 2. The van der Waals surface area contributed by atoms with E-state index in [1.54, 1.807) is 24.3 Å². The van der Waals surface area contributed by atoms with Gasteiger partial charge in [0.15, 0.2) is 11.4 Å². The second kappa shape index (κ2) is 6.38. The van der Waals surface area contributed by atoms with Crippen molar-refractivity contribution in [1.29, 1.82) is 0 Å². The molecule has 2 nitrogen and oxygen atoms in total. The molecule has 0 amide bonds. The molecule has 0 saturated heterocycles. The second-order valence-electron chi connectivity index (χ2n) is 9.87. The van der Waals surface area contributed by atoms with E-state index >= 15 is 0 Å². The second-order valence-corrected chi connectivity index (χ2v) is 9.87. The van der Waals surface area contributed by atoms with E-state index in [4.69, 9.17) is 4.74 Å². The fourth-order valence-electron chi connectivity index (χ4n) is 5.51. The Morgan fingerprint density at radius 2 is 1.26 bits per heavy atom. The summed E-state index contributed by atoms with van der Waals surface area (Å²) >= 11 is 0. The van der Waals surface area contributed by atoms with E-state index in [0.29, 0.717) is 24.2 Å². The lowest BCUT2D eigenvalue weighted by Gasteiger charge is -2.33. The summed E-state index contributed by atoms with van der Waals surface area (Å²) in [5, 5.41) is 0. The van der Waals surface area contributed by atoms with Crippen LogP contribution in [-0.2, 0) is 15.1 Å². The van der Waals surface area contributed by atoms with E-state index < -0.39 is 5.60 Å². The third-order valence-electron chi connectivity index (χ3n) is 7.75. The quantitative estimate of drug-likeness (QED) is 0.547. The number of hydrogen-bond acceptors (Lipinski definition) is 2.